The van der Waals surface area contributed by atoms with Gasteiger partial charge < -0.3 is 20.1 Å². The summed E-state index contributed by atoms with van der Waals surface area (Å²) >= 11 is 0. The molecule has 2 aromatic carbocycles. The molecule has 3 aliphatic heterocycles. The fraction of sp³-hybridized carbons (Fsp3) is 0.500. The minimum atomic E-state index is -0.789. The van der Waals surface area contributed by atoms with Crippen LogP contribution in [0.1, 0.15) is 49.1 Å². The largest absolute Gasteiger partial charge is 0.481 e. The summed E-state index contributed by atoms with van der Waals surface area (Å²) in [5, 5.41) is 12.5. The number of anilines is 1. The van der Waals surface area contributed by atoms with Crippen LogP contribution in [0.5, 0.6) is 0 Å². The summed E-state index contributed by atoms with van der Waals surface area (Å²) < 4.78 is 20.9. The maximum absolute atomic E-state index is 15.3. The number of likely N-dealkylation sites (tertiary alicyclic amines) is 1. The molecule has 3 heterocycles. The molecular formula is C28H31FN2O4. The van der Waals surface area contributed by atoms with Gasteiger partial charge in [-0.1, -0.05) is 24.3 Å². The molecule has 3 fully saturated rings. The van der Waals surface area contributed by atoms with Crippen LogP contribution in [0.4, 0.5) is 10.1 Å². The Morgan fingerprint density at radius 3 is 2.60 bits per heavy atom. The number of halogens is 1. The third-order valence-electron chi connectivity index (χ3n) is 8.64. The summed E-state index contributed by atoms with van der Waals surface area (Å²) in [6.45, 7) is 2.55. The number of carbonyl (C=O) groups is 2. The van der Waals surface area contributed by atoms with Crippen molar-refractivity contribution in [1.82, 2.24) is 4.90 Å². The molecule has 6 nitrogen and oxygen atoms in total. The second kappa shape index (κ2) is 8.63. The summed E-state index contributed by atoms with van der Waals surface area (Å²) in [7, 11) is 0. The number of nitrogens with one attached hydrogen (secondary N) is 1. The lowest BCUT2D eigenvalue weighted by Crippen LogP contribution is -2.44. The highest BCUT2D eigenvalue weighted by molar-refractivity contribution is 5.81. The van der Waals surface area contributed by atoms with Crippen LogP contribution in [-0.2, 0) is 20.7 Å². The van der Waals surface area contributed by atoms with Gasteiger partial charge in [0.2, 0.25) is 0 Å². The van der Waals surface area contributed by atoms with Gasteiger partial charge >= 0.3 is 5.97 Å². The van der Waals surface area contributed by atoms with Gasteiger partial charge in [-0.15, -0.1) is 0 Å². The highest BCUT2D eigenvalue weighted by Crippen LogP contribution is 2.65. The number of carbonyl (C=O) groups excluding carboxylic acids is 1. The Hall–Kier alpha value is -2.93. The molecule has 1 aliphatic carbocycles. The van der Waals surface area contributed by atoms with Gasteiger partial charge in [-0.05, 0) is 84.2 Å². The summed E-state index contributed by atoms with van der Waals surface area (Å²) in [5.41, 5.74) is 4.55. The van der Waals surface area contributed by atoms with Crippen LogP contribution in [0, 0.1) is 17.2 Å². The molecular weight excluding hydrogens is 447 g/mol. The van der Waals surface area contributed by atoms with Crippen LogP contribution in [-0.4, -0.2) is 54.2 Å². The van der Waals surface area contributed by atoms with E-state index in [9.17, 15) is 14.7 Å². The highest BCUT2D eigenvalue weighted by Gasteiger charge is 2.56. The van der Waals surface area contributed by atoms with E-state index in [0.29, 0.717) is 19.6 Å². The molecule has 1 spiro atoms. The Bertz CT molecular complexity index is 1170. The van der Waals surface area contributed by atoms with E-state index in [-0.39, 0.29) is 29.2 Å². The van der Waals surface area contributed by atoms with E-state index in [1.165, 1.54) is 0 Å². The van der Waals surface area contributed by atoms with Crippen LogP contribution in [0.25, 0.3) is 11.1 Å². The number of nitrogens with zero attached hydrogens (tertiary/aromatic N) is 1. The fourth-order valence-electron chi connectivity index (χ4n) is 6.32. The number of amides is 1. The molecule has 0 radical (unpaired) electrons. The molecule has 1 saturated carbocycles. The van der Waals surface area contributed by atoms with Crippen molar-refractivity contribution in [2.24, 2.45) is 11.3 Å². The van der Waals surface area contributed by atoms with E-state index in [2.05, 4.69) is 5.32 Å². The Labute approximate surface area is 204 Å². The van der Waals surface area contributed by atoms with Crippen molar-refractivity contribution in [2.75, 3.05) is 31.6 Å². The Morgan fingerprint density at radius 1 is 1.11 bits per heavy atom. The number of aliphatic carboxylic acids is 1. The summed E-state index contributed by atoms with van der Waals surface area (Å²) in [6.07, 6.45) is 4.85. The van der Waals surface area contributed by atoms with Crippen LogP contribution < -0.4 is 5.32 Å². The van der Waals surface area contributed by atoms with Gasteiger partial charge in [-0.25, -0.2) is 4.39 Å². The summed E-state index contributed by atoms with van der Waals surface area (Å²) in [4.78, 5) is 25.9. The monoisotopic (exact) mass is 478 g/mol. The van der Waals surface area contributed by atoms with Crippen molar-refractivity contribution in [3.63, 3.8) is 0 Å². The minimum absolute atomic E-state index is 0.117. The number of carboxylic acid groups (broad SMARTS) is 1. The number of hydrogen-bond donors (Lipinski definition) is 2. The zero-order valence-corrected chi connectivity index (χ0v) is 19.8. The van der Waals surface area contributed by atoms with Gasteiger partial charge in [0.25, 0.3) is 5.91 Å². The van der Waals surface area contributed by atoms with Crippen molar-refractivity contribution in [3.05, 3.63) is 53.3 Å². The van der Waals surface area contributed by atoms with E-state index in [1.807, 2.05) is 35.2 Å². The molecule has 35 heavy (non-hydrogen) atoms. The highest BCUT2D eigenvalue weighted by atomic mass is 19.1. The summed E-state index contributed by atoms with van der Waals surface area (Å²) in [5.74, 6) is -1.03. The third kappa shape index (κ3) is 4.10. The lowest BCUT2D eigenvalue weighted by atomic mass is 9.87. The van der Waals surface area contributed by atoms with Gasteiger partial charge in [0.05, 0.1) is 5.92 Å². The molecule has 1 amide bonds. The number of ether oxygens (including phenoxy) is 1. The second-order valence-electron chi connectivity index (χ2n) is 10.7. The van der Waals surface area contributed by atoms with E-state index in [1.54, 1.807) is 6.07 Å². The number of carboxylic acids is 1. The normalized spacial score (nSPS) is 26.8. The van der Waals surface area contributed by atoms with Crippen molar-refractivity contribution in [1.29, 1.82) is 0 Å². The lowest BCUT2D eigenvalue weighted by Gasteiger charge is -2.34. The van der Waals surface area contributed by atoms with Crippen LogP contribution in [0.2, 0.25) is 0 Å². The van der Waals surface area contributed by atoms with Crippen molar-refractivity contribution >= 4 is 17.6 Å². The predicted molar refractivity (Wildman–Crippen MR) is 130 cm³/mol. The average molecular weight is 479 g/mol. The zero-order chi connectivity index (χ0) is 24.2. The number of hydrogen-bond acceptors (Lipinski definition) is 4. The van der Waals surface area contributed by atoms with Gasteiger partial charge in [-0.2, -0.15) is 0 Å². The molecule has 0 aromatic heterocycles. The minimum Gasteiger partial charge on any atom is -0.481 e. The third-order valence-corrected chi connectivity index (χ3v) is 8.64. The quantitative estimate of drug-likeness (QED) is 0.680. The van der Waals surface area contributed by atoms with Crippen molar-refractivity contribution in [3.8, 4) is 11.1 Å². The Balaban J connectivity index is 1.12. The van der Waals surface area contributed by atoms with E-state index in [0.717, 1.165) is 73.1 Å². The maximum Gasteiger partial charge on any atom is 0.308 e. The SMILES string of the molecule is O=C(O)C1CNc2cc(-c3ccc([C@H]4CC45CCN(C(=O)[C@H]4CCCO4)CC5)c(F)c3)ccc2C1. The van der Waals surface area contributed by atoms with E-state index >= 15 is 4.39 Å². The molecule has 4 aliphatic rings. The zero-order valence-electron chi connectivity index (χ0n) is 19.8. The molecule has 7 heteroatoms. The van der Waals surface area contributed by atoms with Crippen LogP contribution in [0.15, 0.2) is 36.4 Å². The van der Waals surface area contributed by atoms with Gasteiger partial charge in [0.15, 0.2) is 0 Å². The number of benzene rings is 2. The van der Waals surface area contributed by atoms with E-state index < -0.39 is 11.9 Å². The topological polar surface area (TPSA) is 78.9 Å². The van der Waals surface area contributed by atoms with Crippen LogP contribution in [0.3, 0.4) is 0 Å². The van der Waals surface area contributed by atoms with Gasteiger partial charge in [0.1, 0.15) is 11.9 Å². The maximum atomic E-state index is 15.3. The molecule has 1 unspecified atom stereocenters. The Morgan fingerprint density at radius 2 is 1.89 bits per heavy atom. The average Bonchev–Trinajstić information content (AvgIpc) is 3.27. The number of piperidine rings is 1. The van der Waals surface area contributed by atoms with Gasteiger partial charge in [0, 0.05) is 31.9 Å². The predicted octanol–water partition coefficient (Wildman–Crippen LogP) is 4.44. The Kier molecular flexibility index (Phi) is 5.55. The molecule has 2 saturated heterocycles. The van der Waals surface area contributed by atoms with Gasteiger partial charge in [-0.3, -0.25) is 9.59 Å². The molecule has 6 rings (SSSR count). The molecule has 0 bridgehead atoms. The first-order valence-corrected chi connectivity index (χ1v) is 12.7. The fourth-order valence-corrected chi connectivity index (χ4v) is 6.32. The summed E-state index contributed by atoms with van der Waals surface area (Å²) in [6, 6.07) is 11.4. The first kappa shape index (κ1) is 22.5. The van der Waals surface area contributed by atoms with Crippen LogP contribution >= 0.6 is 0 Å². The second-order valence-corrected chi connectivity index (χ2v) is 10.7. The molecule has 184 valence electrons. The lowest BCUT2D eigenvalue weighted by molar-refractivity contribution is -0.142. The molecule has 2 aromatic rings. The molecule has 2 N–H and O–H groups in total. The first-order valence-electron chi connectivity index (χ1n) is 12.7. The molecule has 3 atom stereocenters. The van der Waals surface area contributed by atoms with E-state index in [4.69, 9.17) is 4.74 Å². The van der Waals surface area contributed by atoms with Crippen molar-refractivity contribution < 1.29 is 23.8 Å². The standard InChI is InChI=1S/C28H31FN2O4/c29-23-13-17(18-3-4-19-12-20(27(33)34)16-30-24(19)14-18)5-6-21(23)22-15-28(22)7-9-31(10-8-28)26(32)25-2-1-11-35-25/h3-6,13-14,20,22,25,30H,1-2,7-12,15-16H2,(H,33,34)/t20?,22-,25-/m1/s1. The van der Waals surface area contributed by atoms with Crippen molar-refractivity contribution in [2.45, 2.75) is 50.5 Å². The number of fused-ring (bicyclic) bond motifs is 1. The first-order chi connectivity index (χ1) is 16.9. The number of rotatable bonds is 4. The smallest absolute Gasteiger partial charge is 0.308 e.